The summed E-state index contributed by atoms with van der Waals surface area (Å²) >= 11 is 0. The van der Waals surface area contributed by atoms with Crippen molar-refractivity contribution < 1.29 is 23.8 Å². The minimum absolute atomic E-state index is 0.0751. The predicted molar refractivity (Wildman–Crippen MR) is 87.1 cm³/mol. The third-order valence-electron chi connectivity index (χ3n) is 4.45. The Balaban J connectivity index is 2.41. The molecule has 0 bridgehead atoms. The second-order valence-corrected chi connectivity index (χ2v) is 6.90. The topological polar surface area (TPSA) is 73.9 Å². The van der Waals surface area contributed by atoms with Crippen LogP contribution in [0.1, 0.15) is 47.5 Å². The Morgan fingerprint density at radius 1 is 1.48 bits per heavy atom. The van der Waals surface area contributed by atoms with Crippen molar-refractivity contribution in [3.63, 3.8) is 0 Å². The van der Waals surface area contributed by atoms with Crippen LogP contribution in [0.3, 0.4) is 0 Å². The molecule has 6 heteroatoms. The summed E-state index contributed by atoms with van der Waals surface area (Å²) in [4.78, 5) is 22.7. The lowest BCUT2D eigenvalue weighted by Crippen LogP contribution is -2.45. The number of rotatable bonds is 7. The first kappa shape index (κ1) is 19.5. The third kappa shape index (κ3) is 5.53. The summed E-state index contributed by atoms with van der Waals surface area (Å²) in [5, 5.41) is 2.56. The minimum atomic E-state index is -0.728. The molecule has 0 saturated carbocycles. The summed E-state index contributed by atoms with van der Waals surface area (Å²) in [6.07, 6.45) is 2.18. The van der Waals surface area contributed by atoms with Gasteiger partial charge in [-0.15, -0.1) is 0 Å². The number of hydrogen-bond donors (Lipinski definition) is 1. The van der Waals surface area contributed by atoms with Crippen LogP contribution in [-0.4, -0.2) is 42.5 Å². The average molecular weight is 327 g/mol. The molecule has 1 aliphatic heterocycles. The molecule has 0 aromatic rings. The predicted octanol–water partition coefficient (Wildman–Crippen LogP) is 2.81. The zero-order valence-electron chi connectivity index (χ0n) is 14.8. The molecule has 1 aliphatic rings. The van der Waals surface area contributed by atoms with Crippen molar-refractivity contribution in [2.24, 2.45) is 5.92 Å². The van der Waals surface area contributed by atoms with E-state index in [1.54, 1.807) is 0 Å². The molecule has 0 spiro atoms. The van der Waals surface area contributed by atoms with Gasteiger partial charge in [0, 0.05) is 6.08 Å². The van der Waals surface area contributed by atoms with Crippen molar-refractivity contribution in [1.82, 2.24) is 5.32 Å². The van der Waals surface area contributed by atoms with Gasteiger partial charge in [0.25, 0.3) is 0 Å². The summed E-state index contributed by atoms with van der Waals surface area (Å²) in [6, 6.07) is 0. The number of nitrogens with one attached hydrogen (secondary N) is 1. The second kappa shape index (κ2) is 7.81. The molecular weight excluding hydrogens is 298 g/mol. The largest absolute Gasteiger partial charge is 0.461 e. The molecular formula is C17H29NO5. The van der Waals surface area contributed by atoms with Gasteiger partial charge < -0.3 is 19.5 Å². The second-order valence-electron chi connectivity index (χ2n) is 6.90. The van der Waals surface area contributed by atoms with Gasteiger partial charge in [-0.2, -0.15) is 0 Å². The number of alkyl carbamates (subject to hydrolysis) is 1. The van der Waals surface area contributed by atoms with Gasteiger partial charge in [-0.3, -0.25) is 0 Å². The molecule has 1 heterocycles. The molecule has 2 atom stereocenters. The SMILES string of the molecule is C=CC(=O)OCCNC(=O)OC(C)(C)C1CCC(C)(C(C)C)O1. The van der Waals surface area contributed by atoms with Crippen LogP contribution in [0.4, 0.5) is 4.79 Å². The Labute approximate surface area is 138 Å². The van der Waals surface area contributed by atoms with E-state index < -0.39 is 17.7 Å². The first-order chi connectivity index (χ1) is 10.6. The fourth-order valence-electron chi connectivity index (χ4n) is 2.48. The standard InChI is InChI=1S/C17H29NO5/c1-7-14(19)21-11-10-18-15(20)23-16(4,5)13-8-9-17(6,22-13)12(2)3/h7,12-13H,1,8-11H2,2-6H3,(H,18,20). The smallest absolute Gasteiger partial charge is 0.407 e. The highest BCUT2D eigenvalue weighted by atomic mass is 16.6. The molecule has 1 amide bonds. The van der Waals surface area contributed by atoms with E-state index in [2.05, 4.69) is 32.7 Å². The first-order valence-electron chi connectivity index (χ1n) is 8.04. The zero-order valence-corrected chi connectivity index (χ0v) is 14.8. The summed E-state index contributed by atoms with van der Waals surface area (Å²) < 4.78 is 16.4. The Kier molecular flexibility index (Phi) is 6.62. The molecule has 1 fully saturated rings. The van der Waals surface area contributed by atoms with E-state index in [-0.39, 0.29) is 24.9 Å². The quantitative estimate of drug-likeness (QED) is 0.442. The lowest BCUT2D eigenvalue weighted by Gasteiger charge is -2.35. The van der Waals surface area contributed by atoms with Crippen LogP contribution in [0.25, 0.3) is 0 Å². The van der Waals surface area contributed by atoms with Crippen molar-refractivity contribution in [2.75, 3.05) is 13.2 Å². The highest BCUT2D eigenvalue weighted by Crippen LogP contribution is 2.40. The maximum Gasteiger partial charge on any atom is 0.407 e. The van der Waals surface area contributed by atoms with E-state index in [1.807, 2.05) is 13.8 Å². The Morgan fingerprint density at radius 2 is 2.13 bits per heavy atom. The van der Waals surface area contributed by atoms with Gasteiger partial charge in [0.2, 0.25) is 0 Å². The lowest BCUT2D eigenvalue weighted by molar-refractivity contribution is -0.138. The third-order valence-corrected chi connectivity index (χ3v) is 4.45. The molecule has 6 nitrogen and oxygen atoms in total. The van der Waals surface area contributed by atoms with E-state index in [9.17, 15) is 9.59 Å². The molecule has 0 aromatic carbocycles. The van der Waals surface area contributed by atoms with Crippen LogP contribution < -0.4 is 5.32 Å². The number of amides is 1. The van der Waals surface area contributed by atoms with E-state index in [0.717, 1.165) is 18.9 Å². The molecule has 132 valence electrons. The first-order valence-corrected chi connectivity index (χ1v) is 8.04. The Morgan fingerprint density at radius 3 is 2.65 bits per heavy atom. The molecule has 23 heavy (non-hydrogen) atoms. The number of ether oxygens (including phenoxy) is 3. The fraction of sp³-hybridized carbons (Fsp3) is 0.765. The molecule has 1 rings (SSSR count). The number of carbonyl (C=O) groups excluding carboxylic acids is 2. The van der Waals surface area contributed by atoms with Crippen molar-refractivity contribution in [1.29, 1.82) is 0 Å². The maximum atomic E-state index is 11.9. The van der Waals surface area contributed by atoms with Crippen molar-refractivity contribution >= 4 is 12.1 Å². The van der Waals surface area contributed by atoms with Gasteiger partial charge in [0.1, 0.15) is 12.2 Å². The molecule has 0 aliphatic carbocycles. The maximum absolute atomic E-state index is 11.9. The summed E-state index contributed by atoms with van der Waals surface area (Å²) in [5.41, 5.74) is -0.908. The summed E-state index contributed by atoms with van der Waals surface area (Å²) in [7, 11) is 0. The van der Waals surface area contributed by atoms with Crippen LogP contribution in [-0.2, 0) is 19.0 Å². The van der Waals surface area contributed by atoms with Gasteiger partial charge in [0.15, 0.2) is 0 Å². The van der Waals surface area contributed by atoms with Gasteiger partial charge in [-0.05, 0) is 39.5 Å². The minimum Gasteiger partial charge on any atom is -0.461 e. The summed E-state index contributed by atoms with van der Waals surface area (Å²) in [5.74, 6) is -0.121. The monoisotopic (exact) mass is 327 g/mol. The average Bonchev–Trinajstić information content (AvgIpc) is 2.87. The lowest BCUT2D eigenvalue weighted by atomic mass is 9.89. The molecule has 0 radical (unpaired) electrons. The highest BCUT2D eigenvalue weighted by molar-refractivity contribution is 5.81. The number of esters is 1. The Bertz CT molecular complexity index is 446. The molecule has 1 N–H and O–H groups in total. The van der Waals surface area contributed by atoms with Gasteiger partial charge in [-0.1, -0.05) is 20.4 Å². The molecule has 1 saturated heterocycles. The van der Waals surface area contributed by atoms with Crippen molar-refractivity contribution in [3.8, 4) is 0 Å². The number of carbonyl (C=O) groups is 2. The van der Waals surface area contributed by atoms with Crippen LogP contribution in [0.2, 0.25) is 0 Å². The number of hydrogen-bond acceptors (Lipinski definition) is 5. The van der Waals surface area contributed by atoms with E-state index in [4.69, 9.17) is 14.2 Å². The van der Waals surface area contributed by atoms with E-state index in [1.165, 1.54) is 0 Å². The normalized spacial score (nSPS) is 24.3. The molecule has 2 unspecified atom stereocenters. The van der Waals surface area contributed by atoms with Crippen LogP contribution in [0.5, 0.6) is 0 Å². The van der Waals surface area contributed by atoms with E-state index in [0.29, 0.717) is 5.92 Å². The Hall–Kier alpha value is -1.56. The van der Waals surface area contributed by atoms with Crippen LogP contribution >= 0.6 is 0 Å². The van der Waals surface area contributed by atoms with Crippen LogP contribution in [0, 0.1) is 5.92 Å². The van der Waals surface area contributed by atoms with E-state index >= 15 is 0 Å². The fourth-order valence-corrected chi connectivity index (χ4v) is 2.48. The highest BCUT2D eigenvalue weighted by Gasteiger charge is 2.46. The van der Waals surface area contributed by atoms with Gasteiger partial charge in [-0.25, -0.2) is 9.59 Å². The molecule has 0 aromatic heterocycles. The zero-order chi connectivity index (χ0) is 17.7. The van der Waals surface area contributed by atoms with Crippen molar-refractivity contribution in [2.45, 2.75) is 64.8 Å². The van der Waals surface area contributed by atoms with Crippen molar-refractivity contribution in [3.05, 3.63) is 12.7 Å². The van der Waals surface area contributed by atoms with Gasteiger partial charge >= 0.3 is 12.1 Å². The van der Waals surface area contributed by atoms with Crippen LogP contribution in [0.15, 0.2) is 12.7 Å². The summed E-state index contributed by atoms with van der Waals surface area (Å²) in [6.45, 7) is 13.6. The van der Waals surface area contributed by atoms with Gasteiger partial charge in [0.05, 0.1) is 18.2 Å².